The van der Waals surface area contributed by atoms with E-state index in [-0.39, 0.29) is 10.6 Å². The number of hydrogen-bond donors (Lipinski definition) is 3. The van der Waals surface area contributed by atoms with Gasteiger partial charge in [0.05, 0.1) is 17.9 Å². The Hall–Kier alpha value is -3.36. The maximum absolute atomic E-state index is 12.7. The summed E-state index contributed by atoms with van der Waals surface area (Å²) < 4.78 is 33.0. The molecule has 0 aliphatic carbocycles. The highest BCUT2D eigenvalue weighted by atomic mass is 32.2. The van der Waals surface area contributed by atoms with Gasteiger partial charge in [-0.1, -0.05) is 48.5 Å². The maximum Gasteiger partial charge on any atom is 0.262 e. The number of rotatable bonds is 7. The molecular formula is C21H20N2O5S. The number of amides is 1. The molecule has 3 N–H and O–H groups in total. The molecule has 0 radical (unpaired) electrons. The second kappa shape index (κ2) is 8.76. The fraction of sp³-hybridized carbons (Fsp3) is 0.0952. The van der Waals surface area contributed by atoms with Crippen LogP contribution in [0.3, 0.4) is 0 Å². The van der Waals surface area contributed by atoms with Crippen molar-refractivity contribution in [2.75, 3.05) is 11.8 Å². The highest BCUT2D eigenvalue weighted by Gasteiger charge is 2.23. The van der Waals surface area contributed by atoms with Crippen molar-refractivity contribution in [1.82, 2.24) is 5.48 Å². The van der Waals surface area contributed by atoms with Crippen molar-refractivity contribution in [3.05, 3.63) is 90.0 Å². The van der Waals surface area contributed by atoms with Gasteiger partial charge in [-0.25, -0.2) is 13.9 Å². The molecule has 3 rings (SSSR count). The molecule has 7 nitrogen and oxygen atoms in total. The Labute approximate surface area is 169 Å². The molecule has 0 fully saturated rings. The summed E-state index contributed by atoms with van der Waals surface area (Å²) in [5.74, 6) is -1.00. The van der Waals surface area contributed by atoms with Crippen LogP contribution in [0, 0.1) is 0 Å². The summed E-state index contributed by atoms with van der Waals surface area (Å²) in [6.07, 6.45) is 0. The Kier molecular flexibility index (Phi) is 6.16. The number of sulfonamides is 1. The lowest BCUT2D eigenvalue weighted by Gasteiger charge is -2.17. The van der Waals surface area contributed by atoms with Gasteiger partial charge in [-0.15, -0.1) is 0 Å². The van der Waals surface area contributed by atoms with Gasteiger partial charge in [0.1, 0.15) is 5.75 Å². The van der Waals surface area contributed by atoms with E-state index in [9.17, 15) is 13.2 Å². The maximum atomic E-state index is 12.7. The molecular weight excluding hydrogens is 392 g/mol. The first-order valence-corrected chi connectivity index (χ1v) is 10.2. The van der Waals surface area contributed by atoms with Crippen molar-refractivity contribution in [2.45, 2.75) is 10.8 Å². The molecule has 3 aromatic rings. The minimum Gasteiger partial charge on any atom is -0.497 e. The van der Waals surface area contributed by atoms with E-state index >= 15 is 0 Å². The van der Waals surface area contributed by atoms with Gasteiger partial charge in [-0.2, -0.15) is 0 Å². The number of carbonyl (C=O) groups excluding carboxylic acids is 1. The summed E-state index contributed by atoms with van der Waals surface area (Å²) in [7, 11) is -2.40. The monoisotopic (exact) mass is 412 g/mol. The lowest BCUT2D eigenvalue weighted by Crippen LogP contribution is -2.27. The Bertz CT molecular complexity index is 1100. The Morgan fingerprint density at radius 2 is 1.62 bits per heavy atom. The molecule has 29 heavy (non-hydrogen) atoms. The molecule has 3 aromatic carbocycles. The fourth-order valence-electron chi connectivity index (χ4n) is 2.97. The average Bonchev–Trinajstić information content (AvgIpc) is 2.74. The van der Waals surface area contributed by atoms with Crippen molar-refractivity contribution in [2.24, 2.45) is 0 Å². The zero-order chi connectivity index (χ0) is 20.9. The van der Waals surface area contributed by atoms with Crippen LogP contribution < -0.4 is 14.9 Å². The van der Waals surface area contributed by atoms with Gasteiger partial charge in [0, 0.05) is 11.8 Å². The number of benzene rings is 3. The number of ether oxygens (including phenoxy) is 1. The highest BCUT2D eigenvalue weighted by Crippen LogP contribution is 2.28. The zero-order valence-corrected chi connectivity index (χ0v) is 16.4. The molecule has 0 spiro atoms. The summed E-state index contributed by atoms with van der Waals surface area (Å²) in [6.45, 7) is 0. The Balaban J connectivity index is 1.95. The number of nitrogens with one attached hydrogen (secondary N) is 2. The van der Waals surface area contributed by atoms with Gasteiger partial charge in [0.25, 0.3) is 15.9 Å². The van der Waals surface area contributed by atoms with E-state index in [0.29, 0.717) is 16.9 Å². The molecule has 1 unspecified atom stereocenters. The van der Waals surface area contributed by atoms with E-state index in [1.807, 2.05) is 6.07 Å². The van der Waals surface area contributed by atoms with Crippen LogP contribution in [0.4, 0.5) is 5.69 Å². The lowest BCUT2D eigenvalue weighted by atomic mass is 9.90. The van der Waals surface area contributed by atoms with Crippen LogP contribution in [0.25, 0.3) is 0 Å². The first-order chi connectivity index (χ1) is 13.9. The van der Waals surface area contributed by atoms with Crippen LogP contribution in [-0.4, -0.2) is 26.6 Å². The molecule has 1 atom stereocenters. The number of anilines is 1. The van der Waals surface area contributed by atoms with Gasteiger partial charge in [0.2, 0.25) is 0 Å². The van der Waals surface area contributed by atoms with Crippen molar-refractivity contribution in [1.29, 1.82) is 0 Å². The van der Waals surface area contributed by atoms with Crippen molar-refractivity contribution in [3.63, 3.8) is 0 Å². The predicted octanol–water partition coefficient (Wildman–Crippen LogP) is 3.13. The van der Waals surface area contributed by atoms with Gasteiger partial charge in [-0.05, 0) is 35.4 Å². The molecule has 1 amide bonds. The number of hydrogen-bond acceptors (Lipinski definition) is 5. The third-order valence-electron chi connectivity index (χ3n) is 4.33. The largest absolute Gasteiger partial charge is 0.497 e. The normalized spacial score (nSPS) is 12.1. The molecule has 0 aliphatic rings. The van der Waals surface area contributed by atoms with Crippen molar-refractivity contribution in [3.8, 4) is 5.75 Å². The molecule has 0 saturated heterocycles. The molecule has 0 saturated carbocycles. The molecule has 150 valence electrons. The summed E-state index contributed by atoms with van der Waals surface area (Å²) >= 11 is 0. The number of carbonyl (C=O) groups is 1. The average molecular weight is 412 g/mol. The molecule has 0 aromatic heterocycles. The number of methoxy groups -OCH3 is 1. The topological polar surface area (TPSA) is 105 Å². The minimum atomic E-state index is -3.86. The summed E-state index contributed by atoms with van der Waals surface area (Å²) in [6, 6.07) is 21.5. The Morgan fingerprint density at radius 3 is 2.31 bits per heavy atom. The molecule has 8 heteroatoms. The van der Waals surface area contributed by atoms with Gasteiger partial charge < -0.3 is 4.74 Å². The second-order valence-corrected chi connectivity index (χ2v) is 7.91. The first kappa shape index (κ1) is 20.4. The third-order valence-corrected chi connectivity index (χ3v) is 5.71. The highest BCUT2D eigenvalue weighted by molar-refractivity contribution is 7.92. The van der Waals surface area contributed by atoms with Crippen LogP contribution in [0.1, 0.15) is 17.0 Å². The zero-order valence-electron chi connectivity index (χ0n) is 15.6. The van der Waals surface area contributed by atoms with Gasteiger partial charge >= 0.3 is 0 Å². The standard InChI is InChI=1S/C21H20N2O5S/c1-28-18-11-6-12-19(14-18)29(26,27)23-17-10-5-9-16(13-17)20(21(24)22-25)15-7-3-2-4-8-15/h2-14,20,23,25H,1H3,(H,22,24). The Morgan fingerprint density at radius 1 is 0.931 bits per heavy atom. The third kappa shape index (κ3) is 4.74. The van der Waals surface area contributed by atoms with Crippen LogP contribution in [-0.2, 0) is 14.8 Å². The van der Waals surface area contributed by atoms with E-state index in [4.69, 9.17) is 9.94 Å². The van der Waals surface area contributed by atoms with E-state index in [2.05, 4.69) is 4.72 Å². The van der Waals surface area contributed by atoms with Crippen molar-refractivity contribution < 1.29 is 23.2 Å². The minimum absolute atomic E-state index is 0.0509. The SMILES string of the molecule is COc1cccc(S(=O)(=O)Nc2cccc(C(C(=O)NO)c3ccccc3)c2)c1. The van der Waals surface area contributed by atoms with Crippen LogP contribution in [0.2, 0.25) is 0 Å². The van der Waals surface area contributed by atoms with Crippen molar-refractivity contribution >= 4 is 21.6 Å². The van der Waals surface area contributed by atoms with Crippen LogP contribution in [0.5, 0.6) is 5.75 Å². The summed E-state index contributed by atoms with van der Waals surface area (Å²) in [5.41, 5.74) is 3.15. The predicted molar refractivity (Wildman–Crippen MR) is 108 cm³/mol. The second-order valence-electron chi connectivity index (χ2n) is 6.23. The smallest absolute Gasteiger partial charge is 0.262 e. The van der Waals surface area contributed by atoms with E-state index in [0.717, 1.165) is 0 Å². The fourth-order valence-corrected chi connectivity index (χ4v) is 4.05. The van der Waals surface area contributed by atoms with E-state index in [1.165, 1.54) is 19.2 Å². The molecule has 0 heterocycles. The van der Waals surface area contributed by atoms with Gasteiger partial charge in [-0.3, -0.25) is 14.7 Å². The summed E-state index contributed by atoms with van der Waals surface area (Å²) in [5, 5.41) is 9.16. The van der Waals surface area contributed by atoms with Crippen LogP contribution in [0.15, 0.2) is 83.8 Å². The van der Waals surface area contributed by atoms with Crippen LogP contribution >= 0.6 is 0 Å². The van der Waals surface area contributed by atoms with Gasteiger partial charge in [0.15, 0.2) is 0 Å². The molecule has 0 aliphatic heterocycles. The quantitative estimate of drug-likeness (QED) is 0.408. The first-order valence-electron chi connectivity index (χ1n) is 8.70. The molecule has 0 bridgehead atoms. The van der Waals surface area contributed by atoms with E-state index in [1.54, 1.807) is 66.1 Å². The summed E-state index contributed by atoms with van der Waals surface area (Å²) in [4.78, 5) is 12.3. The van der Waals surface area contributed by atoms with E-state index < -0.39 is 21.8 Å². The number of hydroxylamine groups is 1. The lowest BCUT2D eigenvalue weighted by molar-refractivity contribution is -0.129.